The van der Waals surface area contributed by atoms with E-state index in [4.69, 9.17) is 9.84 Å². The number of esters is 1. The Hall–Kier alpha value is -1.86. The van der Waals surface area contributed by atoms with Gasteiger partial charge in [-0.05, 0) is 49.7 Å². The minimum Gasteiger partial charge on any atom is -0.507 e. The molecule has 1 aromatic carbocycles. The van der Waals surface area contributed by atoms with Crippen molar-refractivity contribution < 1.29 is 24.5 Å². The number of hydrogen-bond acceptors (Lipinski definition) is 6. The van der Waals surface area contributed by atoms with Crippen molar-refractivity contribution in [1.82, 2.24) is 0 Å². The predicted molar refractivity (Wildman–Crippen MR) is 148 cm³/mol. The van der Waals surface area contributed by atoms with E-state index in [2.05, 4.69) is 60.3 Å². The molecule has 196 valence electrons. The molecule has 5 nitrogen and oxygen atoms in total. The van der Waals surface area contributed by atoms with Crippen LogP contribution in [0.15, 0.2) is 40.7 Å². The molecule has 2 N–H and O–H groups in total. The molecule has 1 rings (SSSR count). The second kappa shape index (κ2) is 12.9. The third-order valence-electron chi connectivity index (χ3n) is 5.49. The number of rotatable bonds is 13. The van der Waals surface area contributed by atoms with Crippen molar-refractivity contribution in [3.05, 3.63) is 46.9 Å². The van der Waals surface area contributed by atoms with E-state index in [1.165, 1.54) is 0 Å². The summed E-state index contributed by atoms with van der Waals surface area (Å²) in [5.41, 5.74) is 0.945. The van der Waals surface area contributed by atoms with Crippen molar-refractivity contribution in [3.8, 4) is 5.75 Å². The lowest BCUT2D eigenvalue weighted by Gasteiger charge is -2.32. The average molecular weight is 523 g/mol. The third kappa shape index (κ3) is 10.3. The number of carbonyl (C=O) groups excluding carboxylic acids is 1. The Bertz CT molecular complexity index is 939. The summed E-state index contributed by atoms with van der Waals surface area (Å²) in [5.74, 6) is -1.28. The number of benzene rings is 1. The van der Waals surface area contributed by atoms with Gasteiger partial charge in [-0.1, -0.05) is 60.3 Å². The van der Waals surface area contributed by atoms with E-state index in [0.29, 0.717) is 6.42 Å². The van der Waals surface area contributed by atoms with E-state index in [1.54, 1.807) is 23.5 Å². The highest BCUT2D eigenvalue weighted by Crippen LogP contribution is 2.49. The lowest BCUT2D eigenvalue weighted by atomic mass is 9.77. The number of phenolic OH excluding ortho intramolecular Hbond substituents is 1. The zero-order valence-corrected chi connectivity index (χ0v) is 24.1. The fourth-order valence-corrected chi connectivity index (χ4v) is 6.11. The van der Waals surface area contributed by atoms with E-state index in [1.807, 2.05) is 26.0 Å². The first-order valence-electron chi connectivity index (χ1n) is 12.0. The van der Waals surface area contributed by atoms with Crippen molar-refractivity contribution in [1.29, 1.82) is 0 Å². The number of thioether (sulfide) groups is 2. The molecule has 0 aliphatic heterocycles. The van der Waals surface area contributed by atoms with E-state index < -0.39 is 17.4 Å². The molecule has 0 aromatic heterocycles. The van der Waals surface area contributed by atoms with Crippen LogP contribution in [-0.4, -0.2) is 32.8 Å². The highest BCUT2D eigenvalue weighted by atomic mass is 32.2. The fourth-order valence-electron chi connectivity index (χ4n) is 3.55. The van der Waals surface area contributed by atoms with Gasteiger partial charge in [0.15, 0.2) is 0 Å². The molecule has 0 atom stereocenters. The topological polar surface area (TPSA) is 83.8 Å². The van der Waals surface area contributed by atoms with Crippen LogP contribution < -0.4 is 0 Å². The van der Waals surface area contributed by atoms with Crippen LogP contribution in [0.25, 0.3) is 0 Å². The molecule has 7 heteroatoms. The van der Waals surface area contributed by atoms with Gasteiger partial charge >= 0.3 is 11.9 Å². The van der Waals surface area contributed by atoms with Gasteiger partial charge in [0.05, 0.1) is 23.5 Å². The molecule has 35 heavy (non-hydrogen) atoms. The molecule has 0 aliphatic rings. The van der Waals surface area contributed by atoms with Crippen molar-refractivity contribution in [2.24, 2.45) is 0 Å². The molecule has 0 heterocycles. The Balaban J connectivity index is 3.24. The first kappa shape index (κ1) is 31.2. The van der Waals surface area contributed by atoms with Gasteiger partial charge in [-0.3, -0.25) is 9.59 Å². The fraction of sp³-hybridized carbons (Fsp3) is 0.571. The Morgan fingerprint density at radius 1 is 1.06 bits per heavy atom. The van der Waals surface area contributed by atoms with Crippen LogP contribution in [-0.2, 0) is 25.2 Å². The van der Waals surface area contributed by atoms with Crippen LogP contribution in [0.3, 0.4) is 0 Å². The van der Waals surface area contributed by atoms with E-state index >= 15 is 0 Å². The van der Waals surface area contributed by atoms with Crippen LogP contribution in [0.1, 0.15) is 92.2 Å². The molecule has 0 fully saturated rings. The van der Waals surface area contributed by atoms with Gasteiger partial charge in [-0.25, -0.2) is 0 Å². The van der Waals surface area contributed by atoms with Crippen LogP contribution in [0.5, 0.6) is 5.75 Å². The molecule has 0 radical (unpaired) electrons. The number of phenols is 1. The lowest BCUT2D eigenvalue weighted by Crippen LogP contribution is -2.23. The number of ether oxygens (including phenoxy) is 1. The minimum atomic E-state index is -1.03. The summed E-state index contributed by atoms with van der Waals surface area (Å²) in [6, 6.07) is 4.12. The third-order valence-corrected chi connectivity index (χ3v) is 8.01. The van der Waals surface area contributed by atoms with Crippen LogP contribution in [0.2, 0.25) is 0 Å². The monoisotopic (exact) mass is 522 g/mol. The molecular formula is C28H42O5S2. The predicted octanol–water partition coefficient (Wildman–Crippen LogP) is 7.81. The van der Waals surface area contributed by atoms with Gasteiger partial charge in [0.25, 0.3) is 0 Å². The number of aliphatic carboxylic acids is 1. The SMILES string of the molecule is C=C/C(=C\CC)SC(C)(C)Sc1cc(C(C)(C)C)c(O)c(C(C)(C)CCOC(=O)CCC(=O)O)c1. The highest BCUT2D eigenvalue weighted by molar-refractivity contribution is 8.20. The van der Waals surface area contributed by atoms with Gasteiger partial charge in [0.2, 0.25) is 0 Å². The number of aromatic hydroxyl groups is 1. The zero-order valence-electron chi connectivity index (χ0n) is 22.5. The zero-order chi connectivity index (χ0) is 27.0. The van der Waals surface area contributed by atoms with Gasteiger partial charge in [-0.15, -0.1) is 23.5 Å². The molecule has 0 saturated heterocycles. The van der Waals surface area contributed by atoms with Crippen molar-refractivity contribution in [2.45, 2.75) is 101 Å². The van der Waals surface area contributed by atoms with Crippen LogP contribution in [0, 0.1) is 0 Å². The van der Waals surface area contributed by atoms with Gasteiger partial charge < -0.3 is 14.9 Å². The molecule has 0 unspecified atom stereocenters. The Kier molecular flexibility index (Phi) is 11.5. The second-order valence-corrected chi connectivity index (χ2v) is 14.3. The van der Waals surface area contributed by atoms with Crippen LogP contribution >= 0.6 is 23.5 Å². The summed E-state index contributed by atoms with van der Waals surface area (Å²) >= 11 is 3.51. The number of carbonyl (C=O) groups is 2. The van der Waals surface area contributed by atoms with Gasteiger partial charge in [-0.2, -0.15) is 0 Å². The van der Waals surface area contributed by atoms with E-state index in [-0.39, 0.29) is 34.7 Å². The second-order valence-electron chi connectivity index (χ2n) is 10.7. The maximum atomic E-state index is 11.8. The lowest BCUT2D eigenvalue weighted by molar-refractivity contribution is -0.148. The van der Waals surface area contributed by atoms with Gasteiger partial charge in [0.1, 0.15) is 5.75 Å². The molecule has 0 spiro atoms. The molecule has 1 aromatic rings. The first-order valence-corrected chi connectivity index (χ1v) is 13.6. The molecule has 0 amide bonds. The highest BCUT2D eigenvalue weighted by Gasteiger charge is 2.31. The summed E-state index contributed by atoms with van der Waals surface area (Å²) in [6.45, 7) is 20.8. The largest absolute Gasteiger partial charge is 0.507 e. The Labute approximate surface area is 219 Å². The Morgan fingerprint density at radius 2 is 1.66 bits per heavy atom. The van der Waals surface area contributed by atoms with Crippen molar-refractivity contribution in [3.63, 3.8) is 0 Å². The number of allylic oxidation sites excluding steroid dienone is 2. The first-order chi connectivity index (χ1) is 16.0. The summed E-state index contributed by atoms with van der Waals surface area (Å²) in [6.07, 6.45) is 5.11. The summed E-state index contributed by atoms with van der Waals surface area (Å²) in [4.78, 5) is 24.7. The smallest absolute Gasteiger partial charge is 0.306 e. The van der Waals surface area contributed by atoms with Gasteiger partial charge in [0, 0.05) is 20.9 Å². The quantitative estimate of drug-likeness (QED) is 0.118. The number of hydrogen-bond donors (Lipinski definition) is 2. The standard InChI is InChI=1S/C28H42O5S2/c1-10-12-19(11-2)34-28(8,9)35-20-17-21(26(3,4)5)25(32)22(18-20)27(6,7)15-16-33-24(31)14-13-23(29)30/h11-12,17-18,32H,2,10,13-16H2,1,3-9H3,(H,29,30)/b19-12+. The van der Waals surface area contributed by atoms with Crippen LogP contribution in [0.4, 0.5) is 0 Å². The normalized spacial score (nSPS) is 13.0. The summed E-state index contributed by atoms with van der Waals surface area (Å²) in [7, 11) is 0. The number of carboxylic acid groups (broad SMARTS) is 1. The summed E-state index contributed by atoms with van der Waals surface area (Å²) < 4.78 is 5.10. The maximum absolute atomic E-state index is 11.8. The molecule has 0 bridgehead atoms. The molecular weight excluding hydrogens is 480 g/mol. The van der Waals surface area contributed by atoms with Crippen molar-refractivity contribution >= 4 is 35.5 Å². The number of carboxylic acids is 1. The van der Waals surface area contributed by atoms with E-state index in [0.717, 1.165) is 27.3 Å². The summed E-state index contributed by atoms with van der Waals surface area (Å²) in [5, 5.41) is 20.0. The maximum Gasteiger partial charge on any atom is 0.306 e. The molecule has 0 aliphatic carbocycles. The van der Waals surface area contributed by atoms with Crippen molar-refractivity contribution in [2.75, 3.05) is 6.61 Å². The minimum absolute atomic E-state index is 0.146. The van der Waals surface area contributed by atoms with E-state index in [9.17, 15) is 14.7 Å². The molecule has 0 saturated carbocycles. The average Bonchev–Trinajstić information content (AvgIpc) is 2.71. The Morgan fingerprint density at radius 3 is 2.17 bits per heavy atom.